The summed E-state index contributed by atoms with van der Waals surface area (Å²) in [6, 6.07) is 4.74. The van der Waals surface area contributed by atoms with E-state index in [0.29, 0.717) is 11.1 Å². The molecular formula is C11H12FN. The number of benzene rings is 1. The number of hydrogen-bond donors (Lipinski definition) is 1. The molecule has 2 heteroatoms. The highest BCUT2D eigenvalue weighted by atomic mass is 19.1. The molecule has 0 heterocycles. The van der Waals surface area contributed by atoms with Crippen LogP contribution in [0.4, 0.5) is 4.39 Å². The van der Waals surface area contributed by atoms with Crippen molar-refractivity contribution in [2.45, 2.75) is 19.9 Å². The fourth-order valence-corrected chi connectivity index (χ4v) is 0.868. The first-order valence-corrected chi connectivity index (χ1v) is 4.13. The smallest absolute Gasteiger partial charge is 0.127 e. The molecule has 0 bridgehead atoms. The van der Waals surface area contributed by atoms with Crippen molar-refractivity contribution in [3.05, 3.63) is 35.1 Å². The van der Waals surface area contributed by atoms with Gasteiger partial charge in [0.2, 0.25) is 0 Å². The third-order valence-corrected chi connectivity index (χ3v) is 1.62. The van der Waals surface area contributed by atoms with Crippen LogP contribution in [-0.2, 0) is 0 Å². The highest BCUT2D eigenvalue weighted by Gasteiger charge is 1.96. The zero-order valence-corrected chi connectivity index (χ0v) is 7.76. The Balaban J connectivity index is 2.94. The second-order valence-electron chi connectivity index (χ2n) is 3.02. The van der Waals surface area contributed by atoms with E-state index in [1.54, 1.807) is 26.0 Å². The van der Waals surface area contributed by atoms with Crippen LogP contribution in [0.5, 0.6) is 0 Å². The summed E-state index contributed by atoms with van der Waals surface area (Å²) in [7, 11) is 0. The van der Waals surface area contributed by atoms with Crippen molar-refractivity contribution in [2.75, 3.05) is 0 Å². The molecule has 0 amide bonds. The van der Waals surface area contributed by atoms with Gasteiger partial charge in [-0.25, -0.2) is 4.39 Å². The normalized spacial score (nSPS) is 11.7. The Kier molecular flexibility index (Phi) is 3.05. The van der Waals surface area contributed by atoms with Gasteiger partial charge in [0.05, 0.1) is 6.04 Å². The molecule has 2 N–H and O–H groups in total. The zero-order chi connectivity index (χ0) is 9.84. The first-order chi connectivity index (χ1) is 6.09. The van der Waals surface area contributed by atoms with E-state index in [2.05, 4.69) is 11.8 Å². The van der Waals surface area contributed by atoms with Gasteiger partial charge in [-0.2, -0.15) is 0 Å². The Bertz CT molecular complexity index is 358. The Morgan fingerprint density at radius 2 is 2.15 bits per heavy atom. The van der Waals surface area contributed by atoms with Crippen LogP contribution in [0.1, 0.15) is 18.1 Å². The van der Waals surface area contributed by atoms with Gasteiger partial charge in [-0.1, -0.05) is 17.9 Å². The van der Waals surface area contributed by atoms with E-state index in [-0.39, 0.29) is 11.9 Å². The minimum absolute atomic E-state index is 0.177. The molecule has 1 aromatic carbocycles. The molecule has 1 atom stereocenters. The molecule has 1 unspecified atom stereocenters. The fraction of sp³-hybridized carbons (Fsp3) is 0.273. The maximum atomic E-state index is 13.0. The van der Waals surface area contributed by atoms with Crippen LogP contribution in [-0.4, -0.2) is 6.04 Å². The summed E-state index contributed by atoms with van der Waals surface area (Å²) in [4.78, 5) is 0. The largest absolute Gasteiger partial charge is 0.318 e. The Hall–Kier alpha value is -1.33. The van der Waals surface area contributed by atoms with Crippen LogP contribution in [0, 0.1) is 24.6 Å². The quantitative estimate of drug-likeness (QED) is 0.601. The summed E-state index contributed by atoms with van der Waals surface area (Å²) in [5.41, 5.74) is 6.74. The molecule has 0 radical (unpaired) electrons. The van der Waals surface area contributed by atoms with Gasteiger partial charge in [0.15, 0.2) is 0 Å². The lowest BCUT2D eigenvalue weighted by molar-refractivity contribution is 0.618. The van der Waals surface area contributed by atoms with Crippen LogP contribution in [0.2, 0.25) is 0 Å². The Morgan fingerprint density at radius 1 is 1.46 bits per heavy atom. The minimum atomic E-state index is -0.225. The molecule has 1 rings (SSSR count). The van der Waals surface area contributed by atoms with Gasteiger partial charge in [-0.15, -0.1) is 0 Å². The van der Waals surface area contributed by atoms with Gasteiger partial charge >= 0.3 is 0 Å². The van der Waals surface area contributed by atoms with Crippen molar-refractivity contribution < 1.29 is 4.39 Å². The number of rotatable bonds is 0. The number of aryl methyl sites for hydroxylation is 1. The lowest BCUT2D eigenvalue weighted by Crippen LogP contribution is -2.10. The summed E-state index contributed by atoms with van der Waals surface area (Å²) >= 11 is 0. The van der Waals surface area contributed by atoms with Crippen molar-refractivity contribution in [1.82, 2.24) is 0 Å². The molecule has 0 spiro atoms. The second-order valence-corrected chi connectivity index (χ2v) is 3.02. The van der Waals surface area contributed by atoms with Gasteiger partial charge in [-0.05, 0) is 31.5 Å². The van der Waals surface area contributed by atoms with Gasteiger partial charge in [-0.3, -0.25) is 0 Å². The third-order valence-electron chi connectivity index (χ3n) is 1.62. The van der Waals surface area contributed by atoms with Crippen LogP contribution < -0.4 is 5.73 Å². The highest BCUT2D eigenvalue weighted by Crippen LogP contribution is 2.07. The zero-order valence-electron chi connectivity index (χ0n) is 7.76. The van der Waals surface area contributed by atoms with E-state index >= 15 is 0 Å². The maximum Gasteiger partial charge on any atom is 0.127 e. The van der Waals surface area contributed by atoms with Crippen molar-refractivity contribution in [3.63, 3.8) is 0 Å². The van der Waals surface area contributed by atoms with Crippen LogP contribution in [0.3, 0.4) is 0 Å². The molecule has 0 saturated carbocycles. The predicted molar refractivity (Wildman–Crippen MR) is 51.7 cm³/mol. The van der Waals surface area contributed by atoms with Crippen molar-refractivity contribution in [3.8, 4) is 11.8 Å². The molecule has 1 aromatic rings. The monoisotopic (exact) mass is 177 g/mol. The summed E-state index contributed by atoms with van der Waals surface area (Å²) in [6.07, 6.45) is 0. The van der Waals surface area contributed by atoms with Crippen molar-refractivity contribution in [2.24, 2.45) is 5.73 Å². The van der Waals surface area contributed by atoms with E-state index in [9.17, 15) is 4.39 Å². The number of hydrogen-bond acceptors (Lipinski definition) is 1. The van der Waals surface area contributed by atoms with Gasteiger partial charge in [0, 0.05) is 5.56 Å². The lowest BCUT2D eigenvalue weighted by Gasteiger charge is -1.96. The molecule has 0 aromatic heterocycles. The summed E-state index contributed by atoms with van der Waals surface area (Å²) < 4.78 is 13.0. The molecule has 0 aliphatic rings. The molecule has 0 fully saturated rings. The van der Waals surface area contributed by atoms with Gasteiger partial charge < -0.3 is 5.73 Å². The molecule has 68 valence electrons. The second kappa shape index (κ2) is 4.06. The first kappa shape index (κ1) is 9.76. The Morgan fingerprint density at radius 3 is 2.69 bits per heavy atom. The van der Waals surface area contributed by atoms with Crippen LogP contribution in [0.25, 0.3) is 0 Å². The number of nitrogens with two attached hydrogens (primary N) is 1. The predicted octanol–water partition coefficient (Wildman–Crippen LogP) is 1.83. The van der Waals surface area contributed by atoms with E-state index in [1.165, 1.54) is 6.07 Å². The van der Waals surface area contributed by atoms with Gasteiger partial charge in [0.25, 0.3) is 0 Å². The molecule has 0 aliphatic heterocycles. The third kappa shape index (κ3) is 2.89. The van der Waals surface area contributed by atoms with E-state index < -0.39 is 0 Å². The molecular weight excluding hydrogens is 165 g/mol. The molecule has 0 saturated heterocycles. The van der Waals surface area contributed by atoms with Crippen molar-refractivity contribution in [1.29, 1.82) is 0 Å². The van der Waals surface area contributed by atoms with E-state index in [0.717, 1.165) is 0 Å². The summed E-state index contributed by atoms with van der Waals surface area (Å²) in [5, 5.41) is 0. The molecule has 0 aliphatic carbocycles. The molecule has 13 heavy (non-hydrogen) atoms. The maximum absolute atomic E-state index is 13.0. The standard InChI is InChI=1S/C11H12FN/c1-8-3-5-10(7-11(8)12)6-4-9(2)13/h3,5,7,9H,13H2,1-2H3. The lowest BCUT2D eigenvalue weighted by atomic mass is 10.1. The fourth-order valence-electron chi connectivity index (χ4n) is 0.868. The van der Waals surface area contributed by atoms with Crippen molar-refractivity contribution >= 4 is 0 Å². The van der Waals surface area contributed by atoms with Crippen LogP contribution >= 0.6 is 0 Å². The molecule has 1 nitrogen and oxygen atoms in total. The summed E-state index contributed by atoms with van der Waals surface area (Å²) in [5.74, 6) is 5.34. The average Bonchev–Trinajstić information content (AvgIpc) is 2.07. The SMILES string of the molecule is Cc1ccc(C#CC(C)N)cc1F. The topological polar surface area (TPSA) is 26.0 Å². The minimum Gasteiger partial charge on any atom is -0.318 e. The summed E-state index contributed by atoms with van der Waals surface area (Å²) in [6.45, 7) is 3.51. The average molecular weight is 177 g/mol. The van der Waals surface area contributed by atoms with Crippen LogP contribution in [0.15, 0.2) is 18.2 Å². The highest BCUT2D eigenvalue weighted by molar-refractivity contribution is 5.37. The van der Waals surface area contributed by atoms with E-state index in [1.807, 2.05) is 0 Å². The first-order valence-electron chi connectivity index (χ1n) is 4.13. The number of halogens is 1. The Labute approximate surface area is 77.8 Å². The van der Waals surface area contributed by atoms with E-state index in [4.69, 9.17) is 5.73 Å². The van der Waals surface area contributed by atoms with Gasteiger partial charge in [0.1, 0.15) is 5.82 Å².